The first kappa shape index (κ1) is 16.6. The van der Waals surface area contributed by atoms with Gasteiger partial charge >= 0.3 is 11.2 Å². The van der Waals surface area contributed by atoms with Gasteiger partial charge in [-0.15, -0.1) is 21.5 Å². The molecule has 124 valence electrons. The second-order valence-electron chi connectivity index (χ2n) is 4.78. The molecule has 9 heteroatoms. The van der Waals surface area contributed by atoms with Gasteiger partial charge in [0.1, 0.15) is 0 Å². The quantitative estimate of drug-likeness (QED) is 0.697. The average Bonchev–Trinajstić information content (AvgIpc) is 3.19. The number of thioether (sulfide) groups is 1. The van der Waals surface area contributed by atoms with Gasteiger partial charge in [0.15, 0.2) is 11.0 Å². The maximum atomic E-state index is 14.2. The normalized spacial score (nSPS) is 11.5. The van der Waals surface area contributed by atoms with E-state index < -0.39 is 11.2 Å². The fourth-order valence-corrected chi connectivity index (χ4v) is 3.33. The van der Waals surface area contributed by atoms with Gasteiger partial charge in [0.2, 0.25) is 0 Å². The molecule has 1 N–H and O–H groups in total. The summed E-state index contributed by atoms with van der Waals surface area (Å²) in [5, 5.41) is 8.03. The van der Waals surface area contributed by atoms with Gasteiger partial charge in [0, 0.05) is 12.7 Å². The Kier molecular flexibility index (Phi) is 4.63. The van der Waals surface area contributed by atoms with Gasteiger partial charge in [-0.25, -0.2) is 0 Å². The van der Waals surface area contributed by atoms with Crippen LogP contribution in [0.15, 0.2) is 53.0 Å². The summed E-state index contributed by atoms with van der Waals surface area (Å²) in [7, 11) is 1.59. The van der Waals surface area contributed by atoms with Crippen LogP contribution in [0.3, 0.4) is 0 Å². The molecule has 24 heavy (non-hydrogen) atoms. The molecule has 1 amide bonds. The number of para-hydroxylation sites is 1. The predicted octanol–water partition coefficient (Wildman–Crippen LogP) is 3.87. The number of hydrogen-bond donors (Lipinski definition) is 1. The van der Waals surface area contributed by atoms with Crippen molar-refractivity contribution in [2.75, 3.05) is 5.32 Å². The Hall–Kier alpha value is -2.26. The van der Waals surface area contributed by atoms with Gasteiger partial charge in [-0.2, -0.15) is 8.78 Å². The highest BCUT2D eigenvalue weighted by Crippen LogP contribution is 2.37. The third-order valence-corrected chi connectivity index (χ3v) is 4.94. The molecule has 0 bridgehead atoms. The van der Waals surface area contributed by atoms with Crippen LogP contribution in [-0.4, -0.2) is 25.9 Å². The molecule has 3 rings (SSSR count). The van der Waals surface area contributed by atoms with E-state index in [9.17, 15) is 13.6 Å². The number of aromatic nitrogens is 3. The van der Waals surface area contributed by atoms with Gasteiger partial charge in [-0.05, 0) is 35.3 Å². The largest absolute Gasteiger partial charge is 0.378 e. The van der Waals surface area contributed by atoms with E-state index in [4.69, 9.17) is 0 Å². The van der Waals surface area contributed by atoms with E-state index in [0.717, 1.165) is 4.88 Å². The summed E-state index contributed by atoms with van der Waals surface area (Å²) >= 11 is 1.50. The number of nitrogens with one attached hydrogen (secondary N) is 1. The van der Waals surface area contributed by atoms with E-state index in [1.54, 1.807) is 25.2 Å². The maximum Gasteiger partial charge on any atom is 0.378 e. The molecule has 0 aliphatic carbocycles. The molecule has 0 radical (unpaired) electrons. The van der Waals surface area contributed by atoms with E-state index in [0.29, 0.717) is 11.5 Å². The number of nitrogens with zero attached hydrogens (tertiary/aromatic N) is 3. The molecule has 5 nitrogen and oxygen atoms in total. The highest BCUT2D eigenvalue weighted by atomic mass is 32.2. The molecule has 0 aliphatic heterocycles. The Bertz CT molecular complexity index is 835. The molecule has 0 spiro atoms. The fourth-order valence-electron chi connectivity index (χ4n) is 1.91. The van der Waals surface area contributed by atoms with Crippen LogP contribution in [0.25, 0.3) is 10.7 Å². The average molecular weight is 366 g/mol. The molecule has 1 aromatic carbocycles. The summed E-state index contributed by atoms with van der Waals surface area (Å²) in [4.78, 5) is 12.7. The molecular formula is C15H12F2N4OS2. The van der Waals surface area contributed by atoms with Crippen LogP contribution in [0.4, 0.5) is 14.5 Å². The van der Waals surface area contributed by atoms with Crippen LogP contribution < -0.4 is 5.32 Å². The summed E-state index contributed by atoms with van der Waals surface area (Å²) in [6, 6.07) is 11.8. The molecular weight excluding hydrogens is 354 g/mol. The zero-order valence-electron chi connectivity index (χ0n) is 12.4. The van der Waals surface area contributed by atoms with Crippen LogP contribution >= 0.6 is 23.1 Å². The lowest BCUT2D eigenvalue weighted by molar-refractivity contribution is -0.129. The van der Waals surface area contributed by atoms with Crippen LogP contribution in [0.2, 0.25) is 0 Å². The van der Waals surface area contributed by atoms with E-state index >= 15 is 0 Å². The molecule has 0 atom stereocenters. The molecule has 3 aromatic rings. The number of amides is 1. The summed E-state index contributed by atoms with van der Waals surface area (Å²) in [5.74, 6) is -0.925. The van der Waals surface area contributed by atoms with Crippen molar-refractivity contribution >= 4 is 34.7 Å². The number of benzene rings is 1. The Morgan fingerprint density at radius 1 is 1.21 bits per heavy atom. The lowest BCUT2D eigenvalue weighted by atomic mass is 10.3. The Morgan fingerprint density at radius 2 is 1.96 bits per heavy atom. The third-order valence-electron chi connectivity index (χ3n) is 3.09. The number of halogens is 2. The molecule has 0 aliphatic rings. The van der Waals surface area contributed by atoms with Crippen LogP contribution in [0.5, 0.6) is 0 Å². The van der Waals surface area contributed by atoms with Crippen LogP contribution in [0, 0.1) is 0 Å². The van der Waals surface area contributed by atoms with Crippen molar-refractivity contribution in [3.05, 3.63) is 47.8 Å². The number of carbonyl (C=O) groups excluding carboxylic acids is 1. The standard InChI is InChI=1S/C15H12F2N4OS2/c1-21-12(11-8-5-9-23-11)19-20-14(21)24-15(16,17)13(22)18-10-6-3-2-4-7-10/h2-9H,1H3,(H,18,22). The fraction of sp³-hybridized carbons (Fsp3) is 0.133. The molecule has 2 heterocycles. The van der Waals surface area contributed by atoms with Crippen molar-refractivity contribution in [3.63, 3.8) is 0 Å². The zero-order valence-corrected chi connectivity index (χ0v) is 14.1. The number of anilines is 1. The van der Waals surface area contributed by atoms with Gasteiger partial charge in [-0.1, -0.05) is 24.3 Å². The number of hydrogen-bond acceptors (Lipinski definition) is 5. The number of alkyl halides is 2. The number of thiophene rings is 1. The van der Waals surface area contributed by atoms with Crippen molar-refractivity contribution in [2.45, 2.75) is 10.4 Å². The summed E-state index contributed by atoms with van der Waals surface area (Å²) in [6.45, 7) is 0. The van der Waals surface area contributed by atoms with Crippen molar-refractivity contribution in [3.8, 4) is 10.7 Å². The molecule has 0 fully saturated rings. The van der Waals surface area contributed by atoms with Crippen molar-refractivity contribution in [1.82, 2.24) is 14.8 Å². The zero-order chi connectivity index (χ0) is 17.2. The minimum absolute atomic E-state index is 0.0355. The smallest absolute Gasteiger partial charge is 0.320 e. The third kappa shape index (κ3) is 3.46. The topological polar surface area (TPSA) is 59.8 Å². The summed E-state index contributed by atoms with van der Waals surface area (Å²) < 4.78 is 29.8. The summed E-state index contributed by atoms with van der Waals surface area (Å²) in [5.41, 5.74) is 0.306. The Balaban J connectivity index is 1.76. The monoisotopic (exact) mass is 366 g/mol. The highest BCUT2D eigenvalue weighted by molar-refractivity contribution is 8.00. The van der Waals surface area contributed by atoms with Gasteiger partial charge < -0.3 is 9.88 Å². The molecule has 0 unspecified atom stereocenters. The maximum absolute atomic E-state index is 14.2. The van der Waals surface area contributed by atoms with Crippen molar-refractivity contribution in [2.24, 2.45) is 7.05 Å². The van der Waals surface area contributed by atoms with E-state index in [2.05, 4.69) is 15.5 Å². The first-order chi connectivity index (χ1) is 11.5. The molecule has 0 saturated carbocycles. The van der Waals surface area contributed by atoms with Crippen LogP contribution in [-0.2, 0) is 11.8 Å². The number of rotatable bonds is 5. The van der Waals surface area contributed by atoms with Gasteiger partial charge in [0.25, 0.3) is 0 Å². The van der Waals surface area contributed by atoms with Gasteiger partial charge in [0.05, 0.1) is 4.88 Å². The lowest BCUT2D eigenvalue weighted by Gasteiger charge is -2.14. The Morgan fingerprint density at radius 3 is 2.62 bits per heavy atom. The second kappa shape index (κ2) is 6.70. The SMILES string of the molecule is Cn1c(SC(F)(F)C(=O)Nc2ccccc2)nnc1-c1cccs1. The van der Waals surface area contributed by atoms with E-state index in [-0.39, 0.29) is 16.9 Å². The Labute approximate surface area is 144 Å². The van der Waals surface area contributed by atoms with Crippen LogP contribution in [0.1, 0.15) is 0 Å². The van der Waals surface area contributed by atoms with Crippen molar-refractivity contribution < 1.29 is 13.6 Å². The number of carbonyl (C=O) groups is 1. The lowest BCUT2D eigenvalue weighted by Crippen LogP contribution is -2.31. The highest BCUT2D eigenvalue weighted by Gasteiger charge is 2.42. The molecule has 2 aromatic heterocycles. The minimum Gasteiger partial charge on any atom is -0.320 e. The first-order valence-electron chi connectivity index (χ1n) is 6.84. The predicted molar refractivity (Wildman–Crippen MR) is 90.2 cm³/mol. The van der Waals surface area contributed by atoms with E-state index in [1.165, 1.54) is 28.0 Å². The summed E-state index contributed by atoms with van der Waals surface area (Å²) in [6.07, 6.45) is 0. The first-order valence-corrected chi connectivity index (χ1v) is 8.53. The van der Waals surface area contributed by atoms with Crippen molar-refractivity contribution in [1.29, 1.82) is 0 Å². The van der Waals surface area contributed by atoms with E-state index in [1.807, 2.05) is 17.5 Å². The van der Waals surface area contributed by atoms with Gasteiger partial charge in [-0.3, -0.25) is 4.79 Å². The minimum atomic E-state index is -3.68. The second-order valence-corrected chi connectivity index (χ2v) is 6.81. The molecule has 0 saturated heterocycles.